The first-order chi connectivity index (χ1) is 16.1. The van der Waals surface area contributed by atoms with E-state index in [2.05, 4.69) is 67.6 Å². The Morgan fingerprint density at radius 1 is 0.758 bits per heavy atom. The van der Waals surface area contributed by atoms with Gasteiger partial charge in [0.2, 0.25) is 0 Å². The van der Waals surface area contributed by atoms with Gasteiger partial charge >= 0.3 is 5.97 Å². The molecular weight excluding hydrogens is 408 g/mol. The topological polar surface area (TPSA) is 35.5 Å². The van der Waals surface area contributed by atoms with E-state index in [1.54, 1.807) is 0 Å². The fraction of sp³-hybridized carbons (Fsp3) is 0.367. The van der Waals surface area contributed by atoms with Crippen molar-refractivity contribution in [1.29, 1.82) is 0 Å². The molecule has 0 aliphatic carbocycles. The van der Waals surface area contributed by atoms with Gasteiger partial charge in [0, 0.05) is 6.92 Å². The van der Waals surface area contributed by atoms with Crippen LogP contribution in [-0.2, 0) is 9.53 Å². The molecule has 0 saturated heterocycles. The third-order valence-electron chi connectivity index (χ3n) is 5.89. The van der Waals surface area contributed by atoms with Gasteiger partial charge in [0.15, 0.2) is 0 Å². The molecule has 1 atom stereocenters. The van der Waals surface area contributed by atoms with Crippen LogP contribution in [0.15, 0.2) is 72.8 Å². The highest BCUT2D eigenvalue weighted by Gasteiger charge is 2.11. The molecule has 1 unspecified atom stereocenters. The van der Waals surface area contributed by atoms with Crippen LogP contribution in [-0.4, -0.2) is 12.6 Å². The summed E-state index contributed by atoms with van der Waals surface area (Å²) in [6.07, 6.45) is 7.35. The average Bonchev–Trinajstić information content (AvgIpc) is 2.83. The molecule has 3 heteroatoms. The van der Waals surface area contributed by atoms with Crippen molar-refractivity contribution in [1.82, 2.24) is 0 Å². The Morgan fingerprint density at radius 3 is 1.88 bits per heavy atom. The van der Waals surface area contributed by atoms with E-state index in [0.717, 1.165) is 35.5 Å². The number of carbonyl (C=O) groups is 1. The molecule has 0 aliphatic heterocycles. The SMILES string of the molecule is CCCCCCCCOc1ccc(-c2ccccc2-c2ccc(C(C)OC(C)=O)cc2)cc1. The summed E-state index contributed by atoms with van der Waals surface area (Å²) in [4.78, 5) is 11.2. The molecule has 3 rings (SSSR count). The number of ether oxygens (including phenoxy) is 2. The van der Waals surface area contributed by atoms with E-state index >= 15 is 0 Å². The highest BCUT2D eigenvalue weighted by atomic mass is 16.5. The molecule has 33 heavy (non-hydrogen) atoms. The lowest BCUT2D eigenvalue weighted by atomic mass is 9.94. The van der Waals surface area contributed by atoms with Gasteiger partial charge in [-0.15, -0.1) is 0 Å². The van der Waals surface area contributed by atoms with Gasteiger partial charge in [-0.3, -0.25) is 4.79 Å². The molecule has 0 amide bonds. The molecule has 3 aromatic carbocycles. The number of hydrogen-bond acceptors (Lipinski definition) is 3. The van der Waals surface area contributed by atoms with Crippen LogP contribution in [0.5, 0.6) is 5.75 Å². The van der Waals surface area contributed by atoms with Crippen molar-refractivity contribution in [2.45, 2.75) is 65.4 Å². The van der Waals surface area contributed by atoms with Gasteiger partial charge in [0.05, 0.1) is 6.61 Å². The number of unbranched alkanes of at least 4 members (excludes halogenated alkanes) is 5. The summed E-state index contributed by atoms with van der Waals surface area (Å²) < 4.78 is 11.2. The first-order valence-electron chi connectivity index (χ1n) is 12.2. The van der Waals surface area contributed by atoms with Crippen molar-refractivity contribution in [3.05, 3.63) is 78.4 Å². The van der Waals surface area contributed by atoms with Gasteiger partial charge in [-0.25, -0.2) is 0 Å². The lowest BCUT2D eigenvalue weighted by molar-refractivity contribution is -0.145. The van der Waals surface area contributed by atoms with E-state index in [9.17, 15) is 4.79 Å². The second kappa shape index (κ2) is 12.8. The van der Waals surface area contributed by atoms with Crippen LogP contribution in [0.2, 0.25) is 0 Å². The Balaban J connectivity index is 1.65. The van der Waals surface area contributed by atoms with E-state index in [1.165, 1.54) is 50.2 Å². The predicted octanol–water partition coefficient (Wildman–Crippen LogP) is 8.38. The molecule has 0 N–H and O–H groups in total. The Labute approximate surface area is 198 Å². The highest BCUT2D eigenvalue weighted by molar-refractivity contribution is 5.83. The molecule has 174 valence electrons. The van der Waals surface area contributed by atoms with Gasteiger partial charge in [-0.1, -0.05) is 99.7 Å². The maximum absolute atomic E-state index is 11.2. The van der Waals surface area contributed by atoms with Crippen molar-refractivity contribution >= 4 is 5.97 Å². The minimum atomic E-state index is -0.267. The van der Waals surface area contributed by atoms with Gasteiger partial charge in [-0.05, 0) is 53.3 Å². The maximum atomic E-state index is 11.2. The Hall–Kier alpha value is -3.07. The Bertz CT molecular complexity index is 990. The van der Waals surface area contributed by atoms with Crippen LogP contribution < -0.4 is 4.74 Å². The monoisotopic (exact) mass is 444 g/mol. The zero-order chi connectivity index (χ0) is 23.5. The molecule has 0 radical (unpaired) electrons. The lowest BCUT2D eigenvalue weighted by Gasteiger charge is -2.14. The Kier molecular flexibility index (Phi) is 9.56. The average molecular weight is 445 g/mol. The summed E-state index contributed by atoms with van der Waals surface area (Å²) in [6.45, 7) is 6.35. The predicted molar refractivity (Wildman–Crippen MR) is 136 cm³/mol. The number of carbonyl (C=O) groups excluding carboxylic acids is 1. The molecule has 3 nitrogen and oxygen atoms in total. The Morgan fingerprint density at radius 2 is 1.30 bits per heavy atom. The minimum Gasteiger partial charge on any atom is -0.494 e. The fourth-order valence-corrected chi connectivity index (χ4v) is 4.04. The third-order valence-corrected chi connectivity index (χ3v) is 5.89. The lowest BCUT2D eigenvalue weighted by Crippen LogP contribution is -2.04. The summed E-state index contributed by atoms with van der Waals surface area (Å²) in [5, 5.41) is 0. The van der Waals surface area contributed by atoms with E-state index in [1.807, 2.05) is 19.1 Å². The second-order valence-electron chi connectivity index (χ2n) is 8.56. The number of rotatable bonds is 12. The van der Waals surface area contributed by atoms with Crippen molar-refractivity contribution < 1.29 is 14.3 Å². The van der Waals surface area contributed by atoms with Gasteiger partial charge in [0.25, 0.3) is 0 Å². The summed E-state index contributed by atoms with van der Waals surface area (Å²) in [5.41, 5.74) is 5.63. The van der Waals surface area contributed by atoms with Crippen LogP contribution in [0.25, 0.3) is 22.3 Å². The van der Waals surface area contributed by atoms with Crippen LogP contribution >= 0.6 is 0 Å². The quantitative estimate of drug-likeness (QED) is 0.208. The standard InChI is InChI=1S/C30H36O3/c1-4-5-6-7-8-11-22-32-28-20-18-27(19-21-28)30-13-10-9-12-29(30)26-16-14-25(15-17-26)23(2)33-24(3)31/h9-10,12-21,23H,4-8,11,22H2,1-3H3. The minimum absolute atomic E-state index is 0.254. The molecular formula is C30H36O3. The van der Waals surface area contributed by atoms with Gasteiger partial charge in [-0.2, -0.15) is 0 Å². The zero-order valence-electron chi connectivity index (χ0n) is 20.2. The summed E-state index contributed by atoms with van der Waals surface area (Å²) in [7, 11) is 0. The van der Waals surface area contributed by atoms with Crippen molar-refractivity contribution in [3.63, 3.8) is 0 Å². The molecule has 0 saturated carbocycles. The number of esters is 1. The van der Waals surface area contributed by atoms with Crippen LogP contribution in [0.3, 0.4) is 0 Å². The van der Waals surface area contributed by atoms with Crippen LogP contribution in [0.4, 0.5) is 0 Å². The van der Waals surface area contributed by atoms with Crippen LogP contribution in [0.1, 0.15) is 71.0 Å². The largest absolute Gasteiger partial charge is 0.494 e. The molecule has 3 aromatic rings. The van der Waals surface area contributed by atoms with Crippen LogP contribution in [0, 0.1) is 0 Å². The van der Waals surface area contributed by atoms with Crippen molar-refractivity contribution in [2.24, 2.45) is 0 Å². The molecule has 0 fully saturated rings. The van der Waals surface area contributed by atoms with E-state index in [4.69, 9.17) is 9.47 Å². The fourth-order valence-electron chi connectivity index (χ4n) is 4.04. The molecule has 0 heterocycles. The normalized spacial score (nSPS) is 11.7. The molecule has 0 spiro atoms. The summed E-state index contributed by atoms with van der Waals surface area (Å²) in [5.74, 6) is 0.657. The first-order valence-corrected chi connectivity index (χ1v) is 12.2. The zero-order valence-corrected chi connectivity index (χ0v) is 20.2. The van der Waals surface area contributed by atoms with Gasteiger partial charge in [0.1, 0.15) is 11.9 Å². The van der Waals surface area contributed by atoms with E-state index in [0.29, 0.717) is 0 Å². The van der Waals surface area contributed by atoms with E-state index in [-0.39, 0.29) is 12.1 Å². The molecule has 0 aliphatic rings. The van der Waals surface area contributed by atoms with Crippen molar-refractivity contribution in [3.8, 4) is 28.0 Å². The third kappa shape index (κ3) is 7.49. The second-order valence-corrected chi connectivity index (χ2v) is 8.56. The van der Waals surface area contributed by atoms with Crippen molar-refractivity contribution in [2.75, 3.05) is 6.61 Å². The first kappa shape index (κ1) is 24.6. The maximum Gasteiger partial charge on any atom is 0.303 e. The molecule has 0 bridgehead atoms. The number of benzene rings is 3. The van der Waals surface area contributed by atoms with E-state index < -0.39 is 0 Å². The molecule has 0 aromatic heterocycles. The number of hydrogen-bond donors (Lipinski definition) is 0. The summed E-state index contributed by atoms with van der Waals surface area (Å²) >= 11 is 0. The smallest absolute Gasteiger partial charge is 0.303 e. The van der Waals surface area contributed by atoms with Gasteiger partial charge < -0.3 is 9.47 Å². The summed E-state index contributed by atoms with van der Waals surface area (Å²) in [6, 6.07) is 25.0. The highest BCUT2D eigenvalue weighted by Crippen LogP contribution is 2.33.